The van der Waals surface area contributed by atoms with Gasteiger partial charge < -0.3 is 5.11 Å². The Morgan fingerprint density at radius 1 is 1.36 bits per heavy atom. The van der Waals surface area contributed by atoms with E-state index in [9.17, 15) is 9.90 Å². The lowest BCUT2D eigenvalue weighted by molar-refractivity contribution is 0.0689. The van der Waals surface area contributed by atoms with Crippen LogP contribution >= 0.6 is 11.8 Å². The Bertz CT molecular complexity index is 806. The highest BCUT2D eigenvalue weighted by Crippen LogP contribution is 2.41. The fourth-order valence-electron chi connectivity index (χ4n) is 2.39. The van der Waals surface area contributed by atoms with Gasteiger partial charge in [0.15, 0.2) is 11.5 Å². The summed E-state index contributed by atoms with van der Waals surface area (Å²) in [5.41, 5.74) is 2.28. The normalized spacial score (nSPS) is 13.6. The number of carboxylic acids is 1. The molecule has 5 nitrogen and oxygen atoms in total. The maximum atomic E-state index is 11.5. The van der Waals surface area contributed by atoms with Gasteiger partial charge in [0, 0.05) is 28.0 Å². The minimum absolute atomic E-state index is 0.0515. The van der Waals surface area contributed by atoms with E-state index >= 15 is 0 Å². The van der Waals surface area contributed by atoms with Crippen LogP contribution in [0.2, 0.25) is 0 Å². The summed E-state index contributed by atoms with van der Waals surface area (Å²) >= 11 is 1.53. The molecule has 3 rings (SSSR count). The number of aromatic carboxylic acids is 1. The van der Waals surface area contributed by atoms with E-state index in [2.05, 4.69) is 23.2 Å². The van der Waals surface area contributed by atoms with Gasteiger partial charge in [-0.15, -0.1) is 11.8 Å². The van der Waals surface area contributed by atoms with Gasteiger partial charge in [-0.2, -0.15) is 5.10 Å². The Morgan fingerprint density at radius 3 is 2.77 bits per heavy atom. The van der Waals surface area contributed by atoms with E-state index in [1.807, 2.05) is 6.07 Å². The number of fused-ring (bicyclic) bond motifs is 1. The van der Waals surface area contributed by atoms with Crippen molar-refractivity contribution in [1.29, 1.82) is 0 Å². The Morgan fingerprint density at radius 2 is 2.18 bits per heavy atom. The second-order valence-corrected chi connectivity index (χ2v) is 5.57. The fraction of sp³-hybridized carbons (Fsp3) is 0.0625. The first-order valence-corrected chi connectivity index (χ1v) is 7.54. The van der Waals surface area contributed by atoms with Crippen LogP contribution in [0.4, 0.5) is 0 Å². The van der Waals surface area contributed by atoms with Crippen LogP contribution in [0.3, 0.4) is 0 Å². The minimum atomic E-state index is -1.04. The number of rotatable bonds is 4. The third-order valence-corrected chi connectivity index (χ3v) is 4.47. The number of allylic oxidation sites excluding steroid dienone is 3. The van der Waals surface area contributed by atoms with Crippen LogP contribution in [-0.4, -0.2) is 25.8 Å². The molecule has 22 heavy (non-hydrogen) atoms. The van der Waals surface area contributed by atoms with E-state index in [1.165, 1.54) is 11.8 Å². The summed E-state index contributed by atoms with van der Waals surface area (Å²) in [6, 6.07) is 5.42. The van der Waals surface area contributed by atoms with Crippen LogP contribution < -0.4 is 0 Å². The van der Waals surface area contributed by atoms with Crippen LogP contribution in [0.1, 0.15) is 21.7 Å². The van der Waals surface area contributed by atoms with Crippen LogP contribution in [-0.2, 0) is 5.75 Å². The fourth-order valence-corrected chi connectivity index (χ4v) is 3.42. The van der Waals surface area contributed by atoms with Crippen molar-refractivity contribution in [3.8, 4) is 5.82 Å². The van der Waals surface area contributed by atoms with Crippen molar-refractivity contribution in [1.82, 2.24) is 14.8 Å². The predicted octanol–water partition coefficient (Wildman–Crippen LogP) is 3.30. The largest absolute Gasteiger partial charge is 0.476 e. The average Bonchev–Trinajstić information content (AvgIpc) is 2.94. The van der Waals surface area contributed by atoms with Crippen molar-refractivity contribution < 1.29 is 9.90 Å². The molecule has 0 unspecified atom stereocenters. The summed E-state index contributed by atoms with van der Waals surface area (Å²) in [4.78, 5) is 16.7. The molecule has 3 heterocycles. The summed E-state index contributed by atoms with van der Waals surface area (Å²) in [5.74, 6) is 0.0561. The number of nitrogens with zero attached hydrogens (tertiary/aromatic N) is 3. The molecule has 0 aromatic carbocycles. The lowest BCUT2D eigenvalue weighted by atomic mass is 10.1. The van der Waals surface area contributed by atoms with Crippen molar-refractivity contribution in [2.45, 2.75) is 5.75 Å². The smallest absolute Gasteiger partial charge is 0.356 e. The van der Waals surface area contributed by atoms with E-state index in [0.29, 0.717) is 17.1 Å². The SMILES string of the molecule is C=CC1=C(C=C)c2c(c(C(=O)O)nn2-c2ccccn2)CS1. The second kappa shape index (κ2) is 5.65. The molecular formula is C16H13N3O2S. The summed E-state index contributed by atoms with van der Waals surface area (Å²) in [6.07, 6.45) is 5.10. The number of aromatic nitrogens is 3. The Hall–Kier alpha value is -2.60. The van der Waals surface area contributed by atoms with Gasteiger partial charge in [0.25, 0.3) is 0 Å². The highest BCUT2D eigenvalue weighted by atomic mass is 32.2. The first-order valence-electron chi connectivity index (χ1n) is 6.56. The highest BCUT2D eigenvalue weighted by Gasteiger charge is 2.29. The van der Waals surface area contributed by atoms with Gasteiger partial charge in [-0.3, -0.25) is 0 Å². The van der Waals surface area contributed by atoms with Crippen molar-refractivity contribution in [2.75, 3.05) is 0 Å². The molecule has 0 fully saturated rings. The van der Waals surface area contributed by atoms with Gasteiger partial charge >= 0.3 is 5.97 Å². The van der Waals surface area contributed by atoms with Crippen molar-refractivity contribution in [3.05, 3.63) is 71.6 Å². The van der Waals surface area contributed by atoms with Crippen LogP contribution in [0.15, 0.2) is 54.6 Å². The van der Waals surface area contributed by atoms with E-state index in [-0.39, 0.29) is 5.69 Å². The van der Waals surface area contributed by atoms with E-state index in [0.717, 1.165) is 16.2 Å². The molecule has 110 valence electrons. The first-order chi connectivity index (χ1) is 10.7. The summed E-state index contributed by atoms with van der Waals surface area (Å²) in [7, 11) is 0. The van der Waals surface area contributed by atoms with Crippen molar-refractivity contribution >= 4 is 23.3 Å². The number of hydrogen-bond acceptors (Lipinski definition) is 4. The monoisotopic (exact) mass is 311 g/mol. The lowest BCUT2D eigenvalue weighted by Gasteiger charge is -2.17. The number of carboxylic acid groups (broad SMARTS) is 1. The Labute approximate surface area is 131 Å². The zero-order valence-corrected chi connectivity index (χ0v) is 12.5. The van der Waals surface area contributed by atoms with E-state index in [1.54, 1.807) is 35.2 Å². The number of carbonyl (C=O) groups is 1. The van der Waals surface area contributed by atoms with Gasteiger partial charge in [-0.25, -0.2) is 14.5 Å². The topological polar surface area (TPSA) is 68.0 Å². The third-order valence-electron chi connectivity index (χ3n) is 3.33. The molecule has 2 aromatic heterocycles. The maximum Gasteiger partial charge on any atom is 0.356 e. The molecule has 0 atom stereocenters. The molecule has 6 heteroatoms. The molecule has 0 saturated carbocycles. The van der Waals surface area contributed by atoms with Gasteiger partial charge in [0.2, 0.25) is 0 Å². The second-order valence-electron chi connectivity index (χ2n) is 4.56. The molecule has 0 radical (unpaired) electrons. The molecule has 0 spiro atoms. The predicted molar refractivity (Wildman–Crippen MR) is 86.9 cm³/mol. The summed E-state index contributed by atoms with van der Waals surface area (Å²) < 4.78 is 1.57. The minimum Gasteiger partial charge on any atom is -0.476 e. The molecular weight excluding hydrogens is 298 g/mol. The molecule has 1 aliphatic heterocycles. The van der Waals surface area contributed by atoms with Crippen LogP contribution in [0.5, 0.6) is 0 Å². The molecule has 1 aliphatic rings. The van der Waals surface area contributed by atoms with Crippen LogP contribution in [0.25, 0.3) is 11.4 Å². The van der Waals surface area contributed by atoms with E-state index in [4.69, 9.17) is 0 Å². The van der Waals surface area contributed by atoms with Crippen molar-refractivity contribution in [2.24, 2.45) is 0 Å². The van der Waals surface area contributed by atoms with E-state index < -0.39 is 5.97 Å². The quantitative estimate of drug-likeness (QED) is 0.938. The first kappa shape index (κ1) is 14.3. The molecule has 0 aliphatic carbocycles. The summed E-state index contributed by atoms with van der Waals surface area (Å²) in [6.45, 7) is 7.65. The van der Waals surface area contributed by atoms with Gasteiger partial charge in [0.1, 0.15) is 0 Å². The third kappa shape index (κ3) is 2.17. The highest BCUT2D eigenvalue weighted by molar-refractivity contribution is 8.02. The van der Waals surface area contributed by atoms with Gasteiger partial charge in [-0.05, 0) is 12.1 Å². The van der Waals surface area contributed by atoms with Gasteiger partial charge in [-0.1, -0.05) is 31.4 Å². The molecule has 0 amide bonds. The lowest BCUT2D eigenvalue weighted by Crippen LogP contribution is -2.07. The van der Waals surface area contributed by atoms with Gasteiger partial charge in [0.05, 0.1) is 5.69 Å². The molecule has 2 aromatic rings. The number of thioether (sulfide) groups is 1. The number of hydrogen-bond donors (Lipinski definition) is 1. The summed E-state index contributed by atoms with van der Waals surface area (Å²) in [5, 5.41) is 13.7. The molecule has 1 N–H and O–H groups in total. The number of pyridine rings is 1. The average molecular weight is 311 g/mol. The Kier molecular flexibility index (Phi) is 3.68. The van der Waals surface area contributed by atoms with Crippen LogP contribution in [0, 0.1) is 0 Å². The zero-order chi connectivity index (χ0) is 15.7. The zero-order valence-electron chi connectivity index (χ0n) is 11.7. The maximum absolute atomic E-state index is 11.5. The molecule has 0 saturated heterocycles. The Balaban J connectivity index is 2.34. The molecule has 0 bridgehead atoms. The van der Waals surface area contributed by atoms with Crippen molar-refractivity contribution in [3.63, 3.8) is 0 Å². The standard InChI is InChI=1S/C16H13N3O2S/c1-3-10-12(4-2)22-9-11-14(16(20)21)18-19(15(10)11)13-7-5-6-8-17-13/h3-8H,1-2,9H2,(H,20,21).